The van der Waals surface area contributed by atoms with E-state index in [1.807, 2.05) is 0 Å². The first kappa shape index (κ1) is 17.7. The summed E-state index contributed by atoms with van der Waals surface area (Å²) in [6.45, 7) is 0.175. The van der Waals surface area contributed by atoms with Gasteiger partial charge in [0.2, 0.25) is 0 Å². The minimum atomic E-state index is -3.31. The van der Waals surface area contributed by atoms with Crippen LogP contribution in [0.4, 0.5) is 17.6 Å². The van der Waals surface area contributed by atoms with Crippen molar-refractivity contribution in [2.45, 2.75) is 25.9 Å². The summed E-state index contributed by atoms with van der Waals surface area (Å²) in [7, 11) is 0. The Bertz CT molecular complexity index is 517. The molecular formula is C13H13BrF4O3. The molecule has 0 saturated heterocycles. The molecule has 8 heteroatoms. The standard InChI is InChI=1S/C13H13BrF4O3/c1-7(19)20-6-8(5-15)21-12-4-11(16)10(14)3-9(12)13(2,17)18/h3-4,8H,5-6H2,1-2H3. The van der Waals surface area contributed by atoms with Crippen LogP contribution < -0.4 is 4.74 Å². The molecule has 1 atom stereocenters. The molecule has 0 saturated carbocycles. The first-order valence-corrected chi connectivity index (χ1v) is 6.67. The van der Waals surface area contributed by atoms with Gasteiger partial charge in [0.25, 0.3) is 5.92 Å². The van der Waals surface area contributed by atoms with Crippen LogP contribution in [-0.4, -0.2) is 25.4 Å². The normalized spacial score (nSPS) is 12.9. The van der Waals surface area contributed by atoms with E-state index in [1.54, 1.807) is 0 Å². The van der Waals surface area contributed by atoms with E-state index < -0.39 is 48.4 Å². The van der Waals surface area contributed by atoms with Gasteiger partial charge in [0.15, 0.2) is 6.10 Å². The van der Waals surface area contributed by atoms with Gasteiger partial charge in [-0.15, -0.1) is 0 Å². The van der Waals surface area contributed by atoms with E-state index in [9.17, 15) is 22.4 Å². The van der Waals surface area contributed by atoms with Gasteiger partial charge < -0.3 is 9.47 Å². The van der Waals surface area contributed by atoms with Crippen molar-refractivity contribution in [1.29, 1.82) is 0 Å². The van der Waals surface area contributed by atoms with Crippen LogP contribution in [0.2, 0.25) is 0 Å². The quantitative estimate of drug-likeness (QED) is 0.559. The van der Waals surface area contributed by atoms with E-state index in [4.69, 9.17) is 4.74 Å². The summed E-state index contributed by atoms with van der Waals surface area (Å²) in [6.07, 6.45) is -1.30. The number of hydrogen-bond acceptors (Lipinski definition) is 3. The molecular weight excluding hydrogens is 360 g/mol. The monoisotopic (exact) mass is 372 g/mol. The molecule has 0 spiro atoms. The number of alkyl halides is 3. The Hall–Kier alpha value is -1.31. The number of carbonyl (C=O) groups is 1. The van der Waals surface area contributed by atoms with Gasteiger partial charge in [-0.25, -0.2) is 17.6 Å². The number of rotatable bonds is 6. The van der Waals surface area contributed by atoms with Crippen LogP contribution in [0.15, 0.2) is 16.6 Å². The molecule has 0 aliphatic heterocycles. The fraction of sp³-hybridized carbons (Fsp3) is 0.462. The molecule has 1 aromatic rings. The molecule has 0 aromatic heterocycles. The van der Waals surface area contributed by atoms with Crippen molar-refractivity contribution < 1.29 is 31.8 Å². The average molecular weight is 373 g/mol. The second kappa shape index (κ2) is 7.11. The maximum atomic E-state index is 13.5. The molecule has 0 amide bonds. The molecule has 1 aromatic carbocycles. The van der Waals surface area contributed by atoms with Crippen molar-refractivity contribution in [2.24, 2.45) is 0 Å². The number of esters is 1. The summed E-state index contributed by atoms with van der Waals surface area (Å²) in [5.74, 6) is -5.31. The number of hydrogen-bond donors (Lipinski definition) is 0. The lowest BCUT2D eigenvalue weighted by molar-refractivity contribution is -0.143. The highest BCUT2D eigenvalue weighted by Crippen LogP contribution is 2.38. The molecule has 0 aliphatic carbocycles. The zero-order valence-electron chi connectivity index (χ0n) is 11.3. The van der Waals surface area contributed by atoms with Crippen LogP contribution in [0.5, 0.6) is 5.75 Å². The van der Waals surface area contributed by atoms with E-state index in [0.717, 1.165) is 19.1 Å². The lowest BCUT2D eigenvalue weighted by atomic mass is 10.1. The second-order valence-electron chi connectivity index (χ2n) is 4.35. The Kier molecular flexibility index (Phi) is 6.00. The molecule has 0 radical (unpaired) electrons. The summed E-state index contributed by atoms with van der Waals surface area (Å²) >= 11 is 2.80. The number of benzene rings is 1. The number of halogens is 5. The smallest absolute Gasteiger partial charge is 0.302 e. The van der Waals surface area contributed by atoms with E-state index in [1.165, 1.54) is 0 Å². The van der Waals surface area contributed by atoms with E-state index in [0.29, 0.717) is 6.92 Å². The van der Waals surface area contributed by atoms with Crippen molar-refractivity contribution in [2.75, 3.05) is 13.3 Å². The Morgan fingerprint density at radius 2 is 2.05 bits per heavy atom. The van der Waals surface area contributed by atoms with Gasteiger partial charge in [0.1, 0.15) is 24.8 Å². The zero-order valence-corrected chi connectivity index (χ0v) is 12.8. The van der Waals surface area contributed by atoms with Gasteiger partial charge in [-0.2, -0.15) is 0 Å². The molecule has 0 heterocycles. The summed E-state index contributed by atoms with van der Waals surface area (Å²) < 4.78 is 62.6. The van der Waals surface area contributed by atoms with Crippen molar-refractivity contribution in [3.05, 3.63) is 28.0 Å². The lowest BCUT2D eigenvalue weighted by Crippen LogP contribution is -2.27. The molecule has 0 fully saturated rings. The highest BCUT2D eigenvalue weighted by Gasteiger charge is 2.31. The minimum absolute atomic E-state index is 0.164. The highest BCUT2D eigenvalue weighted by atomic mass is 79.9. The third-order valence-corrected chi connectivity index (χ3v) is 3.04. The zero-order chi connectivity index (χ0) is 16.2. The molecule has 0 N–H and O–H groups in total. The predicted molar refractivity (Wildman–Crippen MR) is 70.7 cm³/mol. The molecule has 0 aliphatic rings. The molecule has 0 bridgehead atoms. The summed E-state index contributed by atoms with van der Waals surface area (Å²) in [5, 5.41) is 0. The van der Waals surface area contributed by atoms with Crippen molar-refractivity contribution in [3.63, 3.8) is 0 Å². The predicted octanol–water partition coefficient (Wildman–Crippen LogP) is 3.98. The van der Waals surface area contributed by atoms with Gasteiger partial charge in [0.05, 0.1) is 10.0 Å². The summed E-state index contributed by atoms with van der Waals surface area (Å²) in [4.78, 5) is 10.7. The van der Waals surface area contributed by atoms with E-state index >= 15 is 0 Å². The van der Waals surface area contributed by atoms with Crippen LogP contribution in [0.1, 0.15) is 19.4 Å². The third kappa shape index (κ3) is 5.18. The van der Waals surface area contributed by atoms with Gasteiger partial charge in [-0.05, 0) is 22.0 Å². The largest absolute Gasteiger partial charge is 0.483 e. The molecule has 1 unspecified atom stereocenters. The van der Waals surface area contributed by atoms with Crippen LogP contribution >= 0.6 is 15.9 Å². The van der Waals surface area contributed by atoms with Gasteiger partial charge in [0, 0.05) is 19.9 Å². The Balaban J connectivity index is 3.05. The van der Waals surface area contributed by atoms with Crippen molar-refractivity contribution in [1.82, 2.24) is 0 Å². The Morgan fingerprint density at radius 1 is 1.43 bits per heavy atom. The Labute approximate surface area is 127 Å². The molecule has 118 valence electrons. The molecule has 3 nitrogen and oxygen atoms in total. The van der Waals surface area contributed by atoms with Gasteiger partial charge >= 0.3 is 5.97 Å². The van der Waals surface area contributed by atoms with E-state index in [2.05, 4.69) is 20.7 Å². The van der Waals surface area contributed by atoms with Crippen LogP contribution in [0.25, 0.3) is 0 Å². The summed E-state index contributed by atoms with van der Waals surface area (Å²) in [6, 6.07) is 1.60. The molecule has 21 heavy (non-hydrogen) atoms. The third-order valence-electron chi connectivity index (χ3n) is 2.43. The van der Waals surface area contributed by atoms with Crippen LogP contribution in [0.3, 0.4) is 0 Å². The summed E-state index contributed by atoms with van der Waals surface area (Å²) in [5.41, 5.74) is -0.600. The maximum absolute atomic E-state index is 13.5. The topological polar surface area (TPSA) is 35.5 Å². The number of carbonyl (C=O) groups excluding carboxylic acids is 1. The average Bonchev–Trinajstić information content (AvgIpc) is 2.36. The van der Waals surface area contributed by atoms with Crippen LogP contribution in [-0.2, 0) is 15.5 Å². The highest BCUT2D eigenvalue weighted by molar-refractivity contribution is 9.10. The fourth-order valence-electron chi connectivity index (χ4n) is 1.47. The van der Waals surface area contributed by atoms with Gasteiger partial charge in [-0.1, -0.05) is 0 Å². The minimum Gasteiger partial charge on any atom is -0.483 e. The van der Waals surface area contributed by atoms with Gasteiger partial charge in [-0.3, -0.25) is 4.79 Å². The van der Waals surface area contributed by atoms with E-state index in [-0.39, 0.29) is 4.47 Å². The fourth-order valence-corrected chi connectivity index (χ4v) is 1.81. The maximum Gasteiger partial charge on any atom is 0.302 e. The van der Waals surface area contributed by atoms with Crippen molar-refractivity contribution >= 4 is 21.9 Å². The first-order valence-electron chi connectivity index (χ1n) is 5.88. The van der Waals surface area contributed by atoms with Crippen molar-refractivity contribution in [3.8, 4) is 5.75 Å². The molecule has 1 rings (SSSR count). The SMILES string of the molecule is CC(=O)OCC(CF)Oc1cc(F)c(Br)cc1C(C)(F)F. The first-order chi connectivity index (χ1) is 9.65. The lowest BCUT2D eigenvalue weighted by Gasteiger charge is -2.21. The Morgan fingerprint density at radius 3 is 2.52 bits per heavy atom. The van der Waals surface area contributed by atoms with Crippen LogP contribution in [0, 0.1) is 5.82 Å². The number of ether oxygens (including phenoxy) is 2. The second-order valence-corrected chi connectivity index (χ2v) is 5.20.